The molecule has 0 aromatic heterocycles. The Morgan fingerprint density at radius 2 is 1.59 bits per heavy atom. The topological polar surface area (TPSA) is 72.8 Å². The molecule has 17 heavy (non-hydrogen) atoms. The van der Waals surface area contributed by atoms with Crippen molar-refractivity contribution in [2.24, 2.45) is 0 Å². The normalized spacial score (nSPS) is 11.1. The average molecular weight is 240 g/mol. The second-order valence-corrected chi connectivity index (χ2v) is 2.95. The molecule has 0 saturated carbocycles. The molecule has 0 aliphatic carbocycles. The van der Waals surface area contributed by atoms with Gasteiger partial charge in [0.15, 0.2) is 0 Å². The van der Waals surface area contributed by atoms with Crippen LogP contribution in [0.25, 0.3) is 0 Å². The van der Waals surface area contributed by atoms with Crippen LogP contribution in [0.1, 0.15) is 13.3 Å². The number of hydrogen-bond donors (Lipinski definition) is 1. The van der Waals surface area contributed by atoms with Gasteiger partial charge in [0.2, 0.25) is 5.76 Å². The fourth-order valence-corrected chi connectivity index (χ4v) is 0.956. The Bertz CT molecular complexity index is 341. The molecule has 1 N–H and O–H groups in total. The van der Waals surface area contributed by atoms with Gasteiger partial charge in [-0.05, 0) is 6.42 Å². The second-order valence-electron chi connectivity index (χ2n) is 2.95. The van der Waals surface area contributed by atoms with Crippen molar-refractivity contribution in [1.82, 2.24) is 0 Å². The number of rotatable bonds is 7. The molecule has 0 fully saturated rings. The monoisotopic (exact) mass is 240 g/mol. The third kappa shape index (κ3) is 5.01. The summed E-state index contributed by atoms with van der Waals surface area (Å²) >= 11 is 0. The molecule has 0 aliphatic heterocycles. The van der Waals surface area contributed by atoms with E-state index in [1.54, 1.807) is 6.92 Å². The van der Waals surface area contributed by atoms with Gasteiger partial charge in [-0.3, -0.25) is 0 Å². The molecular weight excluding hydrogens is 224 g/mol. The van der Waals surface area contributed by atoms with Gasteiger partial charge < -0.3 is 14.6 Å². The van der Waals surface area contributed by atoms with E-state index >= 15 is 0 Å². The molecule has 94 valence electrons. The van der Waals surface area contributed by atoms with Crippen molar-refractivity contribution in [2.45, 2.75) is 13.3 Å². The van der Waals surface area contributed by atoms with Crippen LogP contribution in [-0.4, -0.2) is 30.3 Å². The second kappa shape index (κ2) is 8.15. The van der Waals surface area contributed by atoms with Crippen molar-refractivity contribution < 1.29 is 24.2 Å². The van der Waals surface area contributed by atoms with Crippen LogP contribution in [0, 0.1) is 0 Å². The molecule has 0 radical (unpaired) electrons. The SMILES string of the molecule is C=CCOC(=O)/C(O)=C(\CC)C(=O)OCC=C. The van der Waals surface area contributed by atoms with Gasteiger partial charge in [0, 0.05) is 0 Å². The summed E-state index contributed by atoms with van der Waals surface area (Å²) in [5.41, 5.74) is -0.124. The van der Waals surface area contributed by atoms with Gasteiger partial charge in [0.25, 0.3) is 0 Å². The zero-order chi connectivity index (χ0) is 13.3. The van der Waals surface area contributed by atoms with E-state index in [4.69, 9.17) is 4.74 Å². The molecule has 0 spiro atoms. The van der Waals surface area contributed by atoms with Gasteiger partial charge in [0.1, 0.15) is 13.2 Å². The summed E-state index contributed by atoms with van der Waals surface area (Å²) < 4.78 is 9.31. The van der Waals surface area contributed by atoms with Crippen LogP contribution in [0.15, 0.2) is 36.6 Å². The average Bonchev–Trinajstić information content (AvgIpc) is 2.33. The van der Waals surface area contributed by atoms with Gasteiger partial charge in [-0.1, -0.05) is 32.2 Å². The minimum Gasteiger partial charge on any atom is -0.501 e. The molecule has 0 aromatic rings. The maximum atomic E-state index is 11.4. The first-order chi connectivity index (χ1) is 8.08. The highest BCUT2D eigenvalue weighted by molar-refractivity contribution is 5.98. The van der Waals surface area contributed by atoms with E-state index in [1.807, 2.05) is 0 Å². The van der Waals surface area contributed by atoms with Crippen molar-refractivity contribution in [2.75, 3.05) is 13.2 Å². The standard InChI is InChI=1S/C12H16O5/c1-4-7-16-11(14)9(6-3)10(13)12(15)17-8-5-2/h4-5,13H,1-2,6-8H2,3H3/b10-9-. The lowest BCUT2D eigenvalue weighted by Gasteiger charge is -2.07. The highest BCUT2D eigenvalue weighted by atomic mass is 16.5. The van der Waals surface area contributed by atoms with Crippen molar-refractivity contribution >= 4 is 11.9 Å². The Hall–Kier alpha value is -2.04. The maximum absolute atomic E-state index is 11.4. The summed E-state index contributed by atoms with van der Waals surface area (Å²) in [6.07, 6.45) is 2.90. The predicted octanol–water partition coefficient (Wildman–Crippen LogP) is 1.67. The molecule has 0 saturated heterocycles. The molecule has 0 heterocycles. The zero-order valence-electron chi connectivity index (χ0n) is 9.77. The Kier molecular flexibility index (Phi) is 7.17. The van der Waals surface area contributed by atoms with Gasteiger partial charge in [-0.2, -0.15) is 0 Å². The van der Waals surface area contributed by atoms with Gasteiger partial charge in [0.05, 0.1) is 5.57 Å². The Labute approximate surface area is 100 Å². The third-order valence-corrected chi connectivity index (χ3v) is 1.74. The number of esters is 2. The first-order valence-electron chi connectivity index (χ1n) is 5.06. The number of hydrogen-bond acceptors (Lipinski definition) is 5. The van der Waals surface area contributed by atoms with Gasteiger partial charge in [-0.25, -0.2) is 9.59 Å². The van der Waals surface area contributed by atoms with Gasteiger partial charge >= 0.3 is 11.9 Å². The third-order valence-electron chi connectivity index (χ3n) is 1.74. The summed E-state index contributed by atoms with van der Waals surface area (Å²) in [5.74, 6) is -2.47. The Morgan fingerprint density at radius 3 is 2.00 bits per heavy atom. The molecule has 5 nitrogen and oxygen atoms in total. The van der Waals surface area contributed by atoms with Crippen LogP contribution in [-0.2, 0) is 19.1 Å². The van der Waals surface area contributed by atoms with Crippen LogP contribution in [0.3, 0.4) is 0 Å². The largest absolute Gasteiger partial charge is 0.501 e. The number of aliphatic hydroxyl groups excluding tert-OH is 1. The molecule has 0 atom stereocenters. The van der Waals surface area contributed by atoms with Crippen LogP contribution in [0.5, 0.6) is 0 Å². The summed E-state index contributed by atoms with van der Waals surface area (Å²) in [5, 5.41) is 9.52. The van der Waals surface area contributed by atoms with E-state index in [1.165, 1.54) is 12.2 Å². The molecule has 0 rings (SSSR count). The quantitative estimate of drug-likeness (QED) is 0.317. The number of aliphatic hydroxyl groups is 1. The van der Waals surface area contributed by atoms with Crippen LogP contribution >= 0.6 is 0 Å². The first-order valence-corrected chi connectivity index (χ1v) is 5.06. The minimum absolute atomic E-state index is 0.0112. The van der Waals surface area contributed by atoms with E-state index in [-0.39, 0.29) is 25.2 Å². The lowest BCUT2D eigenvalue weighted by atomic mass is 10.2. The Morgan fingerprint density at radius 1 is 1.12 bits per heavy atom. The molecule has 0 aliphatic rings. The minimum atomic E-state index is -0.975. The molecule has 0 aromatic carbocycles. The number of carbonyl (C=O) groups is 2. The smallest absolute Gasteiger partial charge is 0.374 e. The predicted molar refractivity (Wildman–Crippen MR) is 62.3 cm³/mol. The lowest BCUT2D eigenvalue weighted by molar-refractivity contribution is -0.143. The number of carbonyl (C=O) groups excluding carboxylic acids is 2. The Balaban J connectivity index is 4.78. The summed E-state index contributed by atoms with van der Waals surface area (Å²) in [4.78, 5) is 22.7. The molecule has 5 heteroatoms. The van der Waals surface area contributed by atoms with E-state index in [2.05, 4.69) is 17.9 Å². The van der Waals surface area contributed by atoms with Gasteiger partial charge in [-0.15, -0.1) is 0 Å². The van der Waals surface area contributed by atoms with Crippen LogP contribution in [0.4, 0.5) is 0 Å². The summed E-state index contributed by atoms with van der Waals surface area (Å²) in [6.45, 7) is 8.32. The highest BCUT2D eigenvalue weighted by Crippen LogP contribution is 2.10. The molecular formula is C12H16O5. The molecule has 0 unspecified atom stereocenters. The fourth-order valence-electron chi connectivity index (χ4n) is 0.956. The first kappa shape index (κ1) is 15.0. The zero-order valence-corrected chi connectivity index (χ0v) is 9.77. The van der Waals surface area contributed by atoms with E-state index in [9.17, 15) is 14.7 Å². The summed E-state index contributed by atoms with van der Waals surface area (Å²) in [7, 11) is 0. The van der Waals surface area contributed by atoms with Crippen molar-refractivity contribution in [3.8, 4) is 0 Å². The maximum Gasteiger partial charge on any atom is 0.374 e. The van der Waals surface area contributed by atoms with E-state index in [0.29, 0.717) is 0 Å². The van der Waals surface area contributed by atoms with Crippen molar-refractivity contribution in [1.29, 1.82) is 0 Å². The van der Waals surface area contributed by atoms with E-state index in [0.717, 1.165) is 0 Å². The van der Waals surface area contributed by atoms with Crippen LogP contribution in [0.2, 0.25) is 0 Å². The van der Waals surface area contributed by atoms with E-state index < -0.39 is 17.7 Å². The van der Waals surface area contributed by atoms with Crippen LogP contribution < -0.4 is 0 Å². The highest BCUT2D eigenvalue weighted by Gasteiger charge is 2.21. The number of ether oxygens (including phenoxy) is 2. The molecule has 0 bridgehead atoms. The fraction of sp³-hybridized carbons (Fsp3) is 0.333. The lowest BCUT2D eigenvalue weighted by Crippen LogP contribution is -2.16. The van der Waals surface area contributed by atoms with Crippen molar-refractivity contribution in [3.63, 3.8) is 0 Å². The van der Waals surface area contributed by atoms with Crippen molar-refractivity contribution in [3.05, 3.63) is 36.6 Å². The molecule has 0 amide bonds. The summed E-state index contributed by atoms with van der Waals surface area (Å²) in [6, 6.07) is 0.